The molecule has 0 aromatic carbocycles. The largest absolute Gasteiger partial charge is 0.467 e. The molecule has 0 bridgehead atoms. The van der Waals surface area contributed by atoms with Gasteiger partial charge in [-0.1, -0.05) is 0 Å². The highest BCUT2D eigenvalue weighted by atomic mass is 16.6. The Bertz CT molecular complexity index is 1230. The number of nitrogens with zero attached hydrogens (tertiary/aromatic N) is 5. The van der Waals surface area contributed by atoms with Gasteiger partial charge in [-0.15, -0.1) is 0 Å². The van der Waals surface area contributed by atoms with Crippen molar-refractivity contribution < 1.29 is 23.8 Å². The van der Waals surface area contributed by atoms with Gasteiger partial charge in [-0.05, 0) is 52.2 Å². The molecule has 1 amide bonds. The normalized spacial score (nSPS) is 19.0. The van der Waals surface area contributed by atoms with Gasteiger partial charge in [-0.3, -0.25) is 0 Å². The van der Waals surface area contributed by atoms with Crippen molar-refractivity contribution in [3.63, 3.8) is 0 Å². The van der Waals surface area contributed by atoms with Gasteiger partial charge in [-0.2, -0.15) is 9.61 Å². The number of anilines is 2. The predicted octanol–water partition coefficient (Wildman–Crippen LogP) is 3.32. The molecule has 5 heterocycles. The van der Waals surface area contributed by atoms with E-state index in [2.05, 4.69) is 15.3 Å². The molecular weight excluding hydrogens is 452 g/mol. The molecule has 11 heteroatoms. The van der Waals surface area contributed by atoms with Crippen LogP contribution in [-0.2, 0) is 16.0 Å². The number of likely N-dealkylation sites (tertiary alicyclic amines) is 1. The molecule has 186 valence electrons. The fourth-order valence-electron chi connectivity index (χ4n) is 4.85. The van der Waals surface area contributed by atoms with E-state index in [0.717, 1.165) is 24.2 Å². The number of hydrogen-bond acceptors (Lipinski definition) is 8. The van der Waals surface area contributed by atoms with Gasteiger partial charge in [0.2, 0.25) is 0 Å². The Morgan fingerprint density at radius 1 is 1.29 bits per heavy atom. The summed E-state index contributed by atoms with van der Waals surface area (Å²) in [5.74, 6) is 1.41. The molecule has 2 atom stereocenters. The molecule has 0 aliphatic carbocycles. The van der Waals surface area contributed by atoms with Crippen molar-refractivity contribution in [1.29, 1.82) is 0 Å². The Morgan fingerprint density at radius 3 is 2.83 bits per heavy atom. The molecule has 35 heavy (non-hydrogen) atoms. The summed E-state index contributed by atoms with van der Waals surface area (Å²) in [6.07, 6.45) is 4.67. The minimum absolute atomic E-state index is 0.0403. The fourth-order valence-corrected chi connectivity index (χ4v) is 4.85. The molecule has 3 aromatic rings. The van der Waals surface area contributed by atoms with Crippen molar-refractivity contribution in [2.45, 2.75) is 57.7 Å². The first-order valence-electron chi connectivity index (χ1n) is 11.9. The van der Waals surface area contributed by atoms with Crippen LogP contribution in [0.1, 0.15) is 51.0 Å². The highest BCUT2D eigenvalue weighted by Gasteiger charge is 2.36. The molecule has 0 spiro atoms. The summed E-state index contributed by atoms with van der Waals surface area (Å²) in [5.41, 5.74) is 0.888. The lowest BCUT2D eigenvalue weighted by Crippen LogP contribution is -2.49. The molecule has 3 aromatic heterocycles. The standard InChI is InChI=1S/C24H30N6O5/c1-24(2,3)35-22(31)19(17-7-5-13-34-17)27-21-16-9-12-29(15-6-4-11-28(14-15)23(32)33)20(16)26-18-8-10-25-30(18)21/h5,7-8,10,13,15,19,27H,4,6,9,11-12,14H2,1-3H3,(H,32,33)/t15-,19?/m0/s1. The van der Waals surface area contributed by atoms with Crippen LogP contribution in [0.15, 0.2) is 35.1 Å². The first-order chi connectivity index (χ1) is 16.7. The minimum Gasteiger partial charge on any atom is -0.467 e. The molecule has 5 rings (SSSR count). The third kappa shape index (κ3) is 4.50. The molecule has 2 N–H and O–H groups in total. The van der Waals surface area contributed by atoms with E-state index in [1.54, 1.807) is 22.8 Å². The SMILES string of the molecule is CC(C)(C)OC(=O)C(Nc1c2c(nc3ccnn13)N([C@H]1CCCN(C(=O)O)C1)CC2)c1ccco1. The molecule has 2 aliphatic heterocycles. The number of piperidine rings is 1. The van der Waals surface area contributed by atoms with Crippen LogP contribution in [0.3, 0.4) is 0 Å². The number of carboxylic acid groups (broad SMARTS) is 1. The van der Waals surface area contributed by atoms with E-state index < -0.39 is 23.7 Å². The van der Waals surface area contributed by atoms with Crippen molar-refractivity contribution >= 4 is 29.3 Å². The lowest BCUT2D eigenvalue weighted by atomic mass is 10.0. The van der Waals surface area contributed by atoms with Gasteiger partial charge in [0.1, 0.15) is 23.0 Å². The molecule has 1 fully saturated rings. The van der Waals surface area contributed by atoms with Crippen LogP contribution in [0.4, 0.5) is 16.4 Å². The number of esters is 1. The van der Waals surface area contributed by atoms with Gasteiger partial charge in [0, 0.05) is 37.3 Å². The zero-order valence-corrected chi connectivity index (χ0v) is 20.1. The van der Waals surface area contributed by atoms with E-state index in [1.807, 2.05) is 26.8 Å². The third-order valence-electron chi connectivity index (χ3n) is 6.34. The molecule has 0 radical (unpaired) electrons. The van der Waals surface area contributed by atoms with E-state index in [1.165, 1.54) is 11.2 Å². The number of rotatable bonds is 5. The van der Waals surface area contributed by atoms with Crippen LogP contribution in [0.5, 0.6) is 0 Å². The summed E-state index contributed by atoms with van der Waals surface area (Å²) in [7, 11) is 0. The van der Waals surface area contributed by atoms with Crippen LogP contribution < -0.4 is 10.2 Å². The summed E-state index contributed by atoms with van der Waals surface area (Å²) in [6, 6.07) is 4.43. The monoisotopic (exact) mass is 482 g/mol. The van der Waals surface area contributed by atoms with E-state index in [0.29, 0.717) is 43.3 Å². The number of carbonyl (C=O) groups excluding carboxylic acids is 1. The highest BCUT2D eigenvalue weighted by molar-refractivity contribution is 5.82. The van der Waals surface area contributed by atoms with Gasteiger partial charge in [0.05, 0.1) is 12.5 Å². The zero-order valence-electron chi connectivity index (χ0n) is 20.1. The van der Waals surface area contributed by atoms with Gasteiger partial charge in [0.25, 0.3) is 0 Å². The lowest BCUT2D eigenvalue weighted by Gasteiger charge is -2.37. The maximum Gasteiger partial charge on any atom is 0.407 e. The van der Waals surface area contributed by atoms with Crippen LogP contribution in [0.2, 0.25) is 0 Å². The molecular formula is C24H30N6O5. The van der Waals surface area contributed by atoms with Crippen molar-refractivity contribution in [2.75, 3.05) is 29.9 Å². The average molecular weight is 483 g/mol. The number of aromatic nitrogens is 3. The minimum atomic E-state index is -0.894. The lowest BCUT2D eigenvalue weighted by molar-refractivity contribution is -0.156. The van der Waals surface area contributed by atoms with Crippen molar-refractivity contribution in [3.05, 3.63) is 42.0 Å². The predicted molar refractivity (Wildman–Crippen MR) is 128 cm³/mol. The first kappa shape index (κ1) is 23.0. The van der Waals surface area contributed by atoms with Crippen LogP contribution in [0.25, 0.3) is 5.65 Å². The van der Waals surface area contributed by atoms with Gasteiger partial charge in [-0.25, -0.2) is 14.6 Å². The summed E-state index contributed by atoms with van der Waals surface area (Å²) < 4.78 is 13.0. The van der Waals surface area contributed by atoms with Crippen LogP contribution in [-0.4, -0.2) is 67.9 Å². The third-order valence-corrected chi connectivity index (χ3v) is 6.34. The number of furan rings is 1. The maximum absolute atomic E-state index is 13.2. The molecule has 11 nitrogen and oxygen atoms in total. The maximum atomic E-state index is 13.2. The summed E-state index contributed by atoms with van der Waals surface area (Å²) >= 11 is 0. The van der Waals surface area contributed by atoms with E-state index in [4.69, 9.17) is 14.1 Å². The Labute approximate surface area is 202 Å². The van der Waals surface area contributed by atoms with Gasteiger partial charge >= 0.3 is 12.1 Å². The van der Waals surface area contributed by atoms with Crippen molar-refractivity contribution in [1.82, 2.24) is 19.5 Å². The number of nitrogens with one attached hydrogen (secondary N) is 1. The Hall–Kier alpha value is -3.76. The van der Waals surface area contributed by atoms with Crippen molar-refractivity contribution in [2.24, 2.45) is 0 Å². The second kappa shape index (κ2) is 8.79. The number of fused-ring (bicyclic) bond motifs is 2. The average Bonchev–Trinajstić information content (AvgIpc) is 3.56. The highest BCUT2D eigenvalue weighted by Crippen LogP contribution is 2.37. The van der Waals surface area contributed by atoms with E-state index >= 15 is 0 Å². The molecule has 1 unspecified atom stereocenters. The zero-order chi connectivity index (χ0) is 24.7. The molecule has 1 saturated heterocycles. The molecule has 2 aliphatic rings. The second-order valence-corrected chi connectivity index (χ2v) is 9.96. The van der Waals surface area contributed by atoms with Gasteiger partial charge < -0.3 is 29.4 Å². The topological polar surface area (TPSA) is 125 Å². The number of carbonyl (C=O) groups is 2. The summed E-state index contributed by atoms with van der Waals surface area (Å²) in [6.45, 7) is 7.17. The Kier molecular flexibility index (Phi) is 5.78. The molecule has 0 saturated carbocycles. The summed E-state index contributed by atoms with van der Waals surface area (Å²) in [4.78, 5) is 33.3. The van der Waals surface area contributed by atoms with Crippen LogP contribution >= 0.6 is 0 Å². The van der Waals surface area contributed by atoms with Gasteiger partial charge in [0.15, 0.2) is 11.7 Å². The second-order valence-electron chi connectivity index (χ2n) is 9.96. The fraction of sp³-hybridized carbons (Fsp3) is 0.500. The summed E-state index contributed by atoms with van der Waals surface area (Å²) in [5, 5.41) is 17.3. The quantitative estimate of drug-likeness (QED) is 0.527. The smallest absolute Gasteiger partial charge is 0.407 e. The van der Waals surface area contributed by atoms with E-state index in [9.17, 15) is 14.7 Å². The number of hydrogen-bond donors (Lipinski definition) is 2. The number of ether oxygens (including phenoxy) is 1. The van der Waals surface area contributed by atoms with Crippen LogP contribution in [0, 0.1) is 0 Å². The Morgan fingerprint density at radius 2 is 2.11 bits per heavy atom. The Balaban J connectivity index is 1.52. The first-order valence-corrected chi connectivity index (χ1v) is 11.9. The van der Waals surface area contributed by atoms with Crippen molar-refractivity contribution in [3.8, 4) is 0 Å². The van der Waals surface area contributed by atoms with E-state index in [-0.39, 0.29) is 6.04 Å². The number of amides is 1.